The van der Waals surface area contributed by atoms with E-state index in [1.165, 1.54) is 4.31 Å². The van der Waals surface area contributed by atoms with Gasteiger partial charge in [0.25, 0.3) is 0 Å². The van der Waals surface area contributed by atoms with Crippen LogP contribution in [0, 0.1) is 19.8 Å². The van der Waals surface area contributed by atoms with E-state index in [0.717, 1.165) is 5.56 Å². The number of nitrogens with zero attached hydrogens (tertiary/aromatic N) is 1. The van der Waals surface area contributed by atoms with Gasteiger partial charge in [-0.3, -0.25) is 0 Å². The molecule has 2 rings (SSSR count). The first-order chi connectivity index (χ1) is 10.5. The van der Waals surface area contributed by atoms with Crippen molar-refractivity contribution in [1.82, 2.24) is 4.31 Å². The van der Waals surface area contributed by atoms with E-state index in [1.807, 2.05) is 26.8 Å². The maximum Gasteiger partial charge on any atom is 0.243 e. The van der Waals surface area contributed by atoms with Crippen LogP contribution in [0.2, 0.25) is 0 Å². The van der Waals surface area contributed by atoms with Crippen molar-refractivity contribution >= 4 is 19.9 Å². The molecule has 0 unspecified atom stereocenters. The summed E-state index contributed by atoms with van der Waals surface area (Å²) in [6.07, 6.45) is 0.374. The lowest BCUT2D eigenvalue weighted by molar-refractivity contribution is 0.307. The van der Waals surface area contributed by atoms with Gasteiger partial charge in [-0.15, -0.1) is 0 Å². The van der Waals surface area contributed by atoms with Gasteiger partial charge >= 0.3 is 0 Å². The molecular formula is C16H25NO4S2. The van der Waals surface area contributed by atoms with Crippen LogP contribution in [0.1, 0.15) is 31.4 Å². The zero-order valence-electron chi connectivity index (χ0n) is 14.1. The Morgan fingerprint density at radius 1 is 1.26 bits per heavy atom. The molecule has 0 radical (unpaired) electrons. The third-order valence-corrected chi connectivity index (χ3v) is 7.90. The van der Waals surface area contributed by atoms with E-state index >= 15 is 0 Å². The fourth-order valence-corrected chi connectivity index (χ4v) is 6.87. The Bertz CT molecular complexity index is 782. The van der Waals surface area contributed by atoms with Crippen molar-refractivity contribution in [2.45, 2.75) is 45.1 Å². The molecule has 1 saturated heterocycles. The summed E-state index contributed by atoms with van der Waals surface area (Å²) in [4.78, 5) is 0.280. The number of sulfonamides is 1. The van der Waals surface area contributed by atoms with Gasteiger partial charge in [0.05, 0.1) is 16.4 Å². The molecule has 0 bridgehead atoms. The van der Waals surface area contributed by atoms with Crippen LogP contribution < -0.4 is 0 Å². The second-order valence-electron chi connectivity index (χ2n) is 6.79. The minimum atomic E-state index is -3.71. The monoisotopic (exact) mass is 359 g/mol. The second kappa shape index (κ2) is 6.53. The van der Waals surface area contributed by atoms with Gasteiger partial charge in [-0.05, 0) is 43.4 Å². The highest BCUT2D eigenvalue weighted by molar-refractivity contribution is 7.92. The van der Waals surface area contributed by atoms with Crippen molar-refractivity contribution < 1.29 is 16.8 Å². The van der Waals surface area contributed by atoms with Gasteiger partial charge in [-0.1, -0.05) is 26.0 Å². The summed E-state index contributed by atoms with van der Waals surface area (Å²) in [6, 6.07) is 4.87. The van der Waals surface area contributed by atoms with Gasteiger partial charge in [-0.2, -0.15) is 4.31 Å². The molecule has 0 aromatic heterocycles. The standard InChI is InChI=1S/C16H25NO4S2/c1-12(2)10-17(15-7-8-22(18,19)11-15)23(20,21)16-9-13(3)5-6-14(16)4/h5-6,9,12,15H,7-8,10-11H2,1-4H3/t15-/m0/s1. The van der Waals surface area contributed by atoms with Crippen molar-refractivity contribution in [3.63, 3.8) is 0 Å². The number of hydrogen-bond donors (Lipinski definition) is 0. The Morgan fingerprint density at radius 2 is 1.91 bits per heavy atom. The van der Waals surface area contributed by atoms with E-state index in [1.54, 1.807) is 19.1 Å². The maximum atomic E-state index is 13.2. The van der Waals surface area contributed by atoms with Crippen LogP contribution in [0.3, 0.4) is 0 Å². The molecule has 0 N–H and O–H groups in total. The van der Waals surface area contributed by atoms with Gasteiger partial charge in [0, 0.05) is 12.6 Å². The predicted octanol–water partition coefficient (Wildman–Crippen LogP) is 2.14. The SMILES string of the molecule is Cc1ccc(C)c(S(=O)(=O)N(CC(C)C)[C@H]2CCS(=O)(=O)C2)c1. The molecule has 1 aromatic rings. The van der Waals surface area contributed by atoms with Crippen molar-refractivity contribution in [2.24, 2.45) is 5.92 Å². The van der Waals surface area contributed by atoms with Crippen LogP contribution in [0.4, 0.5) is 0 Å². The minimum absolute atomic E-state index is 0.0641. The maximum absolute atomic E-state index is 13.2. The van der Waals surface area contributed by atoms with Crippen LogP contribution in [0.15, 0.2) is 23.1 Å². The fraction of sp³-hybridized carbons (Fsp3) is 0.625. The zero-order chi connectivity index (χ0) is 17.4. The van der Waals surface area contributed by atoms with Crippen molar-refractivity contribution in [3.05, 3.63) is 29.3 Å². The van der Waals surface area contributed by atoms with Crippen molar-refractivity contribution in [1.29, 1.82) is 0 Å². The minimum Gasteiger partial charge on any atom is -0.229 e. The molecule has 1 aliphatic heterocycles. The molecule has 0 spiro atoms. The van der Waals surface area contributed by atoms with Gasteiger partial charge in [-0.25, -0.2) is 16.8 Å². The lowest BCUT2D eigenvalue weighted by Crippen LogP contribution is -2.43. The smallest absolute Gasteiger partial charge is 0.229 e. The first kappa shape index (κ1) is 18.4. The molecule has 130 valence electrons. The highest BCUT2D eigenvalue weighted by Gasteiger charge is 2.39. The lowest BCUT2D eigenvalue weighted by atomic mass is 10.2. The number of aryl methyl sites for hydroxylation is 2. The summed E-state index contributed by atoms with van der Waals surface area (Å²) in [6.45, 7) is 7.83. The Hall–Kier alpha value is -0.920. The van der Waals surface area contributed by atoms with Crippen LogP contribution >= 0.6 is 0 Å². The van der Waals surface area contributed by atoms with E-state index < -0.39 is 25.9 Å². The van der Waals surface area contributed by atoms with E-state index in [2.05, 4.69) is 0 Å². The topological polar surface area (TPSA) is 71.5 Å². The van der Waals surface area contributed by atoms with Crippen molar-refractivity contribution in [3.8, 4) is 0 Å². The summed E-state index contributed by atoms with van der Waals surface area (Å²) in [5.74, 6) is 0.108. The van der Waals surface area contributed by atoms with Crippen LogP contribution in [-0.2, 0) is 19.9 Å². The molecular weight excluding hydrogens is 334 g/mol. The highest BCUT2D eigenvalue weighted by Crippen LogP contribution is 2.28. The summed E-state index contributed by atoms with van der Waals surface area (Å²) in [5.41, 5.74) is 1.56. The van der Waals surface area contributed by atoms with Crippen LogP contribution in [0.25, 0.3) is 0 Å². The molecule has 1 heterocycles. The second-order valence-corrected chi connectivity index (χ2v) is 10.9. The van der Waals surface area contributed by atoms with E-state index in [0.29, 0.717) is 18.5 Å². The number of sulfone groups is 1. The predicted molar refractivity (Wildman–Crippen MR) is 91.7 cm³/mol. The average molecular weight is 360 g/mol. The molecule has 23 heavy (non-hydrogen) atoms. The lowest BCUT2D eigenvalue weighted by Gasteiger charge is -2.29. The summed E-state index contributed by atoms with van der Waals surface area (Å²) in [7, 11) is -6.86. The number of hydrogen-bond acceptors (Lipinski definition) is 4. The Labute approximate surface area is 139 Å². The Morgan fingerprint density at radius 3 is 2.43 bits per heavy atom. The first-order valence-electron chi connectivity index (χ1n) is 7.82. The summed E-state index contributed by atoms with van der Waals surface area (Å²) in [5, 5.41) is 0. The Balaban J connectivity index is 2.47. The number of rotatable bonds is 5. The van der Waals surface area contributed by atoms with Gasteiger partial charge in [0.2, 0.25) is 10.0 Å². The summed E-state index contributed by atoms with van der Waals surface area (Å²) >= 11 is 0. The van der Waals surface area contributed by atoms with E-state index in [4.69, 9.17) is 0 Å². The molecule has 1 aliphatic rings. The van der Waals surface area contributed by atoms with Gasteiger partial charge in [0.1, 0.15) is 0 Å². The molecule has 0 saturated carbocycles. The third kappa shape index (κ3) is 4.14. The van der Waals surface area contributed by atoms with E-state index in [-0.39, 0.29) is 22.3 Å². The molecule has 5 nitrogen and oxygen atoms in total. The van der Waals surface area contributed by atoms with Gasteiger partial charge < -0.3 is 0 Å². The zero-order valence-corrected chi connectivity index (χ0v) is 15.7. The highest BCUT2D eigenvalue weighted by atomic mass is 32.2. The first-order valence-corrected chi connectivity index (χ1v) is 11.1. The third-order valence-electron chi connectivity index (χ3n) is 4.09. The largest absolute Gasteiger partial charge is 0.243 e. The fourth-order valence-electron chi connectivity index (χ4n) is 2.92. The molecule has 1 aromatic carbocycles. The van der Waals surface area contributed by atoms with E-state index in [9.17, 15) is 16.8 Å². The quantitative estimate of drug-likeness (QED) is 0.807. The van der Waals surface area contributed by atoms with Crippen LogP contribution in [0.5, 0.6) is 0 Å². The van der Waals surface area contributed by atoms with Crippen LogP contribution in [-0.4, -0.2) is 45.2 Å². The normalized spacial score (nSPS) is 21.2. The van der Waals surface area contributed by atoms with Gasteiger partial charge in [0.15, 0.2) is 9.84 Å². The molecule has 7 heteroatoms. The molecule has 0 aliphatic carbocycles. The molecule has 0 amide bonds. The van der Waals surface area contributed by atoms with Crippen molar-refractivity contribution in [2.75, 3.05) is 18.1 Å². The summed E-state index contributed by atoms with van der Waals surface area (Å²) < 4.78 is 51.3. The average Bonchev–Trinajstić information content (AvgIpc) is 2.78. The molecule has 1 atom stereocenters. The number of benzene rings is 1. The Kier molecular flexibility index (Phi) is 5.23. The molecule has 1 fully saturated rings.